The van der Waals surface area contributed by atoms with Crippen LogP contribution in [0.4, 0.5) is 4.39 Å². The molecule has 1 N–H and O–H groups in total. The zero-order chi connectivity index (χ0) is 14.7. The molecule has 0 aliphatic heterocycles. The molecular weight excluding hydrogens is 249 g/mol. The van der Waals surface area contributed by atoms with Crippen LogP contribution in [-0.2, 0) is 0 Å². The number of nitrogens with one attached hydrogen (secondary N) is 1. The van der Waals surface area contributed by atoms with E-state index in [1.54, 1.807) is 6.07 Å². The molecule has 1 aliphatic rings. The first kappa shape index (κ1) is 15.5. The lowest BCUT2D eigenvalue weighted by Crippen LogP contribution is -2.28. The molecule has 0 heterocycles. The molecule has 2 atom stereocenters. The van der Waals surface area contributed by atoms with Crippen molar-refractivity contribution in [2.75, 3.05) is 13.1 Å². The van der Waals surface area contributed by atoms with Crippen LogP contribution in [0.2, 0.25) is 0 Å². The van der Waals surface area contributed by atoms with Crippen LogP contribution in [-0.4, -0.2) is 13.1 Å². The second-order valence-corrected chi connectivity index (χ2v) is 6.83. The minimum Gasteiger partial charge on any atom is -0.316 e. The van der Waals surface area contributed by atoms with E-state index in [2.05, 4.69) is 32.2 Å². The minimum atomic E-state index is 0.00302. The number of benzene rings is 1. The fourth-order valence-electron chi connectivity index (χ4n) is 3.62. The fraction of sp³-hybridized carbons (Fsp3) is 0.667. The third-order valence-electron chi connectivity index (χ3n) is 4.47. The lowest BCUT2D eigenvalue weighted by atomic mass is 9.85. The zero-order valence-electron chi connectivity index (χ0n) is 13.3. The normalized spacial score (nSPS) is 22.7. The molecule has 1 aromatic rings. The summed E-state index contributed by atoms with van der Waals surface area (Å²) >= 11 is 0. The molecule has 0 aromatic heterocycles. The van der Waals surface area contributed by atoms with E-state index in [1.807, 2.05) is 6.92 Å². The van der Waals surface area contributed by atoms with E-state index in [1.165, 1.54) is 12.8 Å². The van der Waals surface area contributed by atoms with E-state index in [0.717, 1.165) is 36.2 Å². The van der Waals surface area contributed by atoms with Gasteiger partial charge in [-0.05, 0) is 80.3 Å². The second kappa shape index (κ2) is 6.71. The molecule has 0 bridgehead atoms. The van der Waals surface area contributed by atoms with Gasteiger partial charge in [-0.2, -0.15) is 0 Å². The zero-order valence-corrected chi connectivity index (χ0v) is 13.3. The Balaban J connectivity index is 2.11. The van der Waals surface area contributed by atoms with E-state index in [4.69, 9.17) is 0 Å². The first-order valence-electron chi connectivity index (χ1n) is 7.96. The average molecular weight is 277 g/mol. The summed E-state index contributed by atoms with van der Waals surface area (Å²) in [5.74, 6) is 1.66. The van der Waals surface area contributed by atoms with Crippen molar-refractivity contribution in [3.05, 3.63) is 34.6 Å². The molecule has 0 amide bonds. The standard InChI is InChI=1S/C18H28FN/c1-12(2)10-20-11-15-6-5-7-16(15)18-14(4)8-13(3)9-17(18)19/h8-9,12,15-16,20H,5-7,10-11H2,1-4H3. The van der Waals surface area contributed by atoms with E-state index in [9.17, 15) is 4.39 Å². The summed E-state index contributed by atoms with van der Waals surface area (Å²) < 4.78 is 14.4. The number of hydrogen-bond acceptors (Lipinski definition) is 1. The lowest BCUT2D eigenvalue weighted by molar-refractivity contribution is 0.415. The van der Waals surface area contributed by atoms with Gasteiger partial charge in [0.2, 0.25) is 0 Å². The Kier molecular flexibility index (Phi) is 5.20. The van der Waals surface area contributed by atoms with Crippen molar-refractivity contribution in [1.29, 1.82) is 0 Å². The molecule has 1 aliphatic carbocycles. The summed E-state index contributed by atoms with van der Waals surface area (Å²) in [4.78, 5) is 0. The van der Waals surface area contributed by atoms with E-state index in [-0.39, 0.29) is 5.82 Å². The molecule has 1 nitrogen and oxygen atoms in total. The number of hydrogen-bond donors (Lipinski definition) is 1. The Morgan fingerprint density at radius 2 is 2.00 bits per heavy atom. The molecule has 1 fully saturated rings. The maximum absolute atomic E-state index is 14.4. The molecule has 0 radical (unpaired) electrons. The van der Waals surface area contributed by atoms with Crippen molar-refractivity contribution in [2.45, 2.75) is 52.9 Å². The largest absolute Gasteiger partial charge is 0.316 e. The number of rotatable bonds is 5. The van der Waals surface area contributed by atoms with Gasteiger partial charge in [0.25, 0.3) is 0 Å². The summed E-state index contributed by atoms with van der Waals surface area (Å²) in [6.07, 6.45) is 3.59. The van der Waals surface area contributed by atoms with Gasteiger partial charge >= 0.3 is 0 Å². The van der Waals surface area contributed by atoms with Gasteiger partial charge in [-0.1, -0.05) is 26.3 Å². The highest BCUT2D eigenvalue weighted by atomic mass is 19.1. The van der Waals surface area contributed by atoms with Gasteiger partial charge in [-0.25, -0.2) is 4.39 Å². The highest BCUT2D eigenvalue weighted by Gasteiger charge is 2.31. The van der Waals surface area contributed by atoms with Gasteiger partial charge in [0, 0.05) is 0 Å². The van der Waals surface area contributed by atoms with Gasteiger partial charge in [0.15, 0.2) is 0 Å². The van der Waals surface area contributed by atoms with Crippen molar-refractivity contribution < 1.29 is 4.39 Å². The van der Waals surface area contributed by atoms with Crippen LogP contribution in [0.25, 0.3) is 0 Å². The molecule has 1 saturated carbocycles. The summed E-state index contributed by atoms with van der Waals surface area (Å²) in [5.41, 5.74) is 3.13. The molecule has 0 spiro atoms. The van der Waals surface area contributed by atoms with E-state index < -0.39 is 0 Å². The molecule has 1 aromatic carbocycles. The van der Waals surface area contributed by atoms with Gasteiger partial charge in [0.1, 0.15) is 5.82 Å². The van der Waals surface area contributed by atoms with Crippen molar-refractivity contribution in [1.82, 2.24) is 5.32 Å². The van der Waals surface area contributed by atoms with Crippen LogP contribution in [0.1, 0.15) is 55.7 Å². The van der Waals surface area contributed by atoms with Crippen molar-refractivity contribution in [3.8, 4) is 0 Å². The van der Waals surface area contributed by atoms with Gasteiger partial charge in [-0.3, -0.25) is 0 Å². The predicted molar refractivity (Wildman–Crippen MR) is 83.7 cm³/mol. The van der Waals surface area contributed by atoms with Gasteiger partial charge in [-0.15, -0.1) is 0 Å². The highest BCUT2D eigenvalue weighted by molar-refractivity contribution is 5.35. The van der Waals surface area contributed by atoms with E-state index >= 15 is 0 Å². The van der Waals surface area contributed by atoms with Crippen molar-refractivity contribution in [3.63, 3.8) is 0 Å². The Labute approximate surface area is 123 Å². The highest BCUT2D eigenvalue weighted by Crippen LogP contribution is 2.41. The van der Waals surface area contributed by atoms with Crippen molar-refractivity contribution in [2.24, 2.45) is 11.8 Å². The summed E-state index contributed by atoms with van der Waals surface area (Å²) in [7, 11) is 0. The quantitative estimate of drug-likeness (QED) is 0.831. The SMILES string of the molecule is Cc1cc(C)c(C2CCCC2CNCC(C)C)c(F)c1. The van der Waals surface area contributed by atoms with Crippen LogP contribution in [0, 0.1) is 31.5 Å². The van der Waals surface area contributed by atoms with Crippen molar-refractivity contribution >= 4 is 0 Å². The molecular formula is C18H28FN. The van der Waals surface area contributed by atoms with E-state index in [0.29, 0.717) is 17.8 Å². The predicted octanol–water partition coefficient (Wildman–Crippen LogP) is 4.57. The topological polar surface area (TPSA) is 12.0 Å². The minimum absolute atomic E-state index is 0.00302. The first-order chi connectivity index (χ1) is 9.49. The molecule has 2 rings (SSSR count). The summed E-state index contributed by atoms with van der Waals surface area (Å²) in [6, 6.07) is 3.81. The van der Waals surface area contributed by atoms with Crippen LogP contribution in [0.3, 0.4) is 0 Å². The Hall–Kier alpha value is -0.890. The summed E-state index contributed by atoms with van der Waals surface area (Å²) in [5, 5.41) is 3.55. The van der Waals surface area contributed by atoms with Gasteiger partial charge < -0.3 is 5.32 Å². The third kappa shape index (κ3) is 3.60. The third-order valence-corrected chi connectivity index (χ3v) is 4.47. The maximum atomic E-state index is 14.4. The first-order valence-corrected chi connectivity index (χ1v) is 7.96. The van der Waals surface area contributed by atoms with Crippen LogP contribution >= 0.6 is 0 Å². The fourth-order valence-corrected chi connectivity index (χ4v) is 3.62. The molecule has 0 saturated heterocycles. The Morgan fingerprint density at radius 3 is 2.65 bits per heavy atom. The smallest absolute Gasteiger partial charge is 0.127 e. The average Bonchev–Trinajstić information content (AvgIpc) is 2.75. The Bertz CT molecular complexity index is 430. The Morgan fingerprint density at radius 1 is 1.25 bits per heavy atom. The molecule has 20 heavy (non-hydrogen) atoms. The molecule has 2 unspecified atom stereocenters. The van der Waals surface area contributed by atoms with Crippen LogP contribution in [0.5, 0.6) is 0 Å². The number of aryl methyl sites for hydroxylation is 2. The second-order valence-electron chi connectivity index (χ2n) is 6.83. The monoisotopic (exact) mass is 277 g/mol. The van der Waals surface area contributed by atoms with Crippen LogP contribution in [0.15, 0.2) is 12.1 Å². The number of halogens is 1. The van der Waals surface area contributed by atoms with Gasteiger partial charge in [0.05, 0.1) is 0 Å². The van der Waals surface area contributed by atoms with Crippen LogP contribution < -0.4 is 5.32 Å². The lowest BCUT2D eigenvalue weighted by Gasteiger charge is -2.23. The molecule has 2 heteroatoms. The maximum Gasteiger partial charge on any atom is 0.127 e. The molecule has 112 valence electrons. The summed E-state index contributed by atoms with van der Waals surface area (Å²) in [6.45, 7) is 10.6.